The maximum atomic E-state index is 12.4. The van der Waals surface area contributed by atoms with Gasteiger partial charge in [0.2, 0.25) is 10.0 Å². The van der Waals surface area contributed by atoms with Crippen molar-refractivity contribution >= 4 is 10.0 Å². The normalized spacial score (nSPS) is 16.2. The summed E-state index contributed by atoms with van der Waals surface area (Å²) in [5, 5.41) is 3.43. The minimum atomic E-state index is -3.43. The van der Waals surface area contributed by atoms with Crippen LogP contribution in [0.3, 0.4) is 0 Å². The summed E-state index contributed by atoms with van der Waals surface area (Å²) in [7, 11) is -3.43. The molecule has 0 bridgehead atoms. The lowest BCUT2D eigenvalue weighted by Crippen LogP contribution is -2.32. The molecule has 2 rings (SSSR count). The van der Waals surface area contributed by atoms with Crippen LogP contribution in [-0.4, -0.2) is 21.0 Å². The van der Waals surface area contributed by atoms with E-state index in [2.05, 4.69) is 10.0 Å². The van der Waals surface area contributed by atoms with Crippen molar-refractivity contribution in [2.24, 2.45) is 5.41 Å². The zero-order chi connectivity index (χ0) is 15.7. The number of aryl methyl sites for hydroxylation is 1. The third-order valence-electron chi connectivity index (χ3n) is 3.58. The van der Waals surface area contributed by atoms with E-state index in [1.807, 2.05) is 33.8 Å². The first-order chi connectivity index (χ1) is 9.67. The van der Waals surface area contributed by atoms with Gasteiger partial charge in [-0.05, 0) is 48.4 Å². The standard InChI is InChI=1S/C16H26N2O2S/c1-12-5-8-15(9-13(12)10-17-14-6-7-14)21(19,20)18-11-16(2,3)4/h5,8-9,14,17-18H,6-7,10-11H2,1-4H3. The Hall–Kier alpha value is -0.910. The minimum absolute atomic E-state index is 0.0753. The smallest absolute Gasteiger partial charge is 0.240 e. The Kier molecular flexibility index (Phi) is 4.76. The molecule has 4 nitrogen and oxygen atoms in total. The number of hydrogen-bond donors (Lipinski definition) is 2. The summed E-state index contributed by atoms with van der Waals surface area (Å²) in [6, 6.07) is 5.97. The fraction of sp³-hybridized carbons (Fsp3) is 0.625. The molecule has 5 heteroatoms. The quantitative estimate of drug-likeness (QED) is 0.849. The summed E-state index contributed by atoms with van der Waals surface area (Å²) in [6.45, 7) is 9.21. The van der Waals surface area contributed by atoms with Crippen LogP contribution in [0.15, 0.2) is 23.1 Å². The maximum Gasteiger partial charge on any atom is 0.240 e. The predicted octanol–water partition coefficient (Wildman–Crippen LogP) is 2.57. The van der Waals surface area contributed by atoms with Crippen LogP contribution in [0, 0.1) is 12.3 Å². The summed E-state index contributed by atoms with van der Waals surface area (Å²) >= 11 is 0. The Morgan fingerprint density at radius 2 is 1.90 bits per heavy atom. The molecule has 1 aromatic rings. The van der Waals surface area contributed by atoms with E-state index in [1.54, 1.807) is 12.1 Å². The summed E-state index contributed by atoms with van der Waals surface area (Å²) in [5.74, 6) is 0. The molecule has 1 fully saturated rings. The largest absolute Gasteiger partial charge is 0.310 e. The predicted molar refractivity (Wildman–Crippen MR) is 85.7 cm³/mol. The fourth-order valence-corrected chi connectivity index (χ4v) is 3.28. The lowest BCUT2D eigenvalue weighted by molar-refractivity contribution is 0.407. The topological polar surface area (TPSA) is 58.2 Å². The van der Waals surface area contributed by atoms with Crippen LogP contribution in [0.1, 0.15) is 44.7 Å². The van der Waals surface area contributed by atoms with Crippen molar-refractivity contribution in [2.45, 2.75) is 58.0 Å². The zero-order valence-electron chi connectivity index (χ0n) is 13.4. The average Bonchev–Trinajstić information content (AvgIpc) is 3.19. The number of nitrogens with one attached hydrogen (secondary N) is 2. The Morgan fingerprint density at radius 1 is 1.24 bits per heavy atom. The van der Waals surface area contributed by atoms with Crippen molar-refractivity contribution in [1.82, 2.24) is 10.0 Å². The first-order valence-corrected chi connectivity index (χ1v) is 8.98. The highest BCUT2D eigenvalue weighted by Crippen LogP contribution is 2.21. The van der Waals surface area contributed by atoms with Crippen molar-refractivity contribution in [3.05, 3.63) is 29.3 Å². The second-order valence-electron chi connectivity index (χ2n) is 7.13. The van der Waals surface area contributed by atoms with E-state index in [4.69, 9.17) is 0 Å². The molecule has 0 saturated heterocycles. The van der Waals surface area contributed by atoms with Crippen LogP contribution in [0.5, 0.6) is 0 Å². The van der Waals surface area contributed by atoms with Gasteiger partial charge >= 0.3 is 0 Å². The number of benzene rings is 1. The molecular formula is C16H26N2O2S. The molecule has 0 heterocycles. The Labute approximate surface area is 128 Å². The summed E-state index contributed by atoms with van der Waals surface area (Å²) in [4.78, 5) is 0.352. The van der Waals surface area contributed by atoms with Crippen molar-refractivity contribution in [3.63, 3.8) is 0 Å². The molecule has 0 radical (unpaired) electrons. The lowest BCUT2D eigenvalue weighted by atomic mass is 9.98. The first-order valence-electron chi connectivity index (χ1n) is 7.50. The van der Waals surface area contributed by atoms with Crippen LogP contribution in [0.4, 0.5) is 0 Å². The molecule has 1 aliphatic carbocycles. The molecule has 1 aliphatic rings. The van der Waals surface area contributed by atoms with Crippen LogP contribution in [0.2, 0.25) is 0 Å². The van der Waals surface area contributed by atoms with Gasteiger partial charge in [0.1, 0.15) is 0 Å². The van der Waals surface area contributed by atoms with E-state index < -0.39 is 10.0 Å². The van der Waals surface area contributed by atoms with Gasteiger partial charge in [0.25, 0.3) is 0 Å². The van der Waals surface area contributed by atoms with Crippen molar-refractivity contribution < 1.29 is 8.42 Å². The van der Waals surface area contributed by atoms with Crippen molar-refractivity contribution in [1.29, 1.82) is 0 Å². The molecule has 0 spiro atoms. The van der Waals surface area contributed by atoms with Gasteiger partial charge in [-0.1, -0.05) is 26.8 Å². The molecule has 118 valence electrons. The van der Waals surface area contributed by atoms with Gasteiger partial charge in [-0.3, -0.25) is 0 Å². The maximum absolute atomic E-state index is 12.4. The highest BCUT2D eigenvalue weighted by atomic mass is 32.2. The summed E-state index contributed by atoms with van der Waals surface area (Å²) in [6.07, 6.45) is 2.45. The van der Waals surface area contributed by atoms with Gasteiger partial charge in [-0.2, -0.15) is 0 Å². The molecule has 1 aromatic carbocycles. The minimum Gasteiger partial charge on any atom is -0.310 e. The second-order valence-corrected chi connectivity index (χ2v) is 8.90. The molecular weight excluding hydrogens is 284 g/mol. The first kappa shape index (κ1) is 16.5. The number of hydrogen-bond acceptors (Lipinski definition) is 3. The summed E-state index contributed by atoms with van der Waals surface area (Å²) < 4.78 is 27.4. The van der Waals surface area contributed by atoms with Gasteiger partial charge < -0.3 is 5.32 Å². The van der Waals surface area contributed by atoms with E-state index in [9.17, 15) is 8.42 Å². The van der Waals surface area contributed by atoms with E-state index in [0.29, 0.717) is 17.5 Å². The van der Waals surface area contributed by atoms with Crippen molar-refractivity contribution in [3.8, 4) is 0 Å². The van der Waals surface area contributed by atoms with Crippen molar-refractivity contribution in [2.75, 3.05) is 6.54 Å². The van der Waals surface area contributed by atoms with Crippen LogP contribution in [0.25, 0.3) is 0 Å². The molecule has 0 atom stereocenters. The molecule has 21 heavy (non-hydrogen) atoms. The Balaban J connectivity index is 2.12. The molecule has 2 N–H and O–H groups in total. The SMILES string of the molecule is Cc1ccc(S(=O)(=O)NCC(C)(C)C)cc1CNC1CC1. The molecule has 0 amide bonds. The van der Waals surface area contributed by atoms with Gasteiger partial charge in [0, 0.05) is 19.1 Å². The highest BCUT2D eigenvalue weighted by molar-refractivity contribution is 7.89. The third kappa shape index (κ3) is 5.09. The fourth-order valence-electron chi connectivity index (χ4n) is 1.94. The molecule has 0 aliphatic heterocycles. The van der Waals surface area contributed by atoms with E-state index >= 15 is 0 Å². The Bertz CT molecular complexity index is 599. The van der Waals surface area contributed by atoms with Gasteiger partial charge in [-0.25, -0.2) is 13.1 Å². The van der Waals surface area contributed by atoms with Crippen LogP contribution >= 0.6 is 0 Å². The highest BCUT2D eigenvalue weighted by Gasteiger charge is 2.22. The lowest BCUT2D eigenvalue weighted by Gasteiger charge is -2.19. The molecule has 0 unspecified atom stereocenters. The second kappa shape index (κ2) is 6.07. The van der Waals surface area contributed by atoms with E-state index in [1.165, 1.54) is 12.8 Å². The van der Waals surface area contributed by atoms with Crippen LogP contribution in [-0.2, 0) is 16.6 Å². The van der Waals surface area contributed by atoms with Gasteiger partial charge in [0.05, 0.1) is 4.90 Å². The van der Waals surface area contributed by atoms with E-state index in [0.717, 1.165) is 17.7 Å². The number of sulfonamides is 1. The van der Waals surface area contributed by atoms with E-state index in [-0.39, 0.29) is 5.41 Å². The number of rotatable bonds is 6. The van der Waals surface area contributed by atoms with Gasteiger partial charge in [-0.15, -0.1) is 0 Å². The zero-order valence-corrected chi connectivity index (χ0v) is 14.2. The average molecular weight is 310 g/mol. The molecule has 0 aromatic heterocycles. The van der Waals surface area contributed by atoms with Crippen LogP contribution < -0.4 is 10.0 Å². The van der Waals surface area contributed by atoms with Gasteiger partial charge in [0.15, 0.2) is 0 Å². The molecule has 1 saturated carbocycles. The third-order valence-corrected chi connectivity index (χ3v) is 4.98. The summed E-state index contributed by atoms with van der Waals surface area (Å²) in [5.41, 5.74) is 2.10. The monoisotopic (exact) mass is 310 g/mol. The Morgan fingerprint density at radius 3 is 2.48 bits per heavy atom.